The Balaban J connectivity index is 3.59. The van der Waals surface area contributed by atoms with Gasteiger partial charge in [0.15, 0.2) is 0 Å². The molecule has 0 aromatic carbocycles. The van der Waals surface area contributed by atoms with Gasteiger partial charge in [-0.05, 0) is 84.1 Å². The molecular weight excluding hydrogens is 490 g/mol. The number of likely N-dealkylation sites (N-methyl/N-ethyl adjacent to an activating group) is 1. The van der Waals surface area contributed by atoms with Crippen molar-refractivity contribution in [3.63, 3.8) is 0 Å². The van der Waals surface area contributed by atoms with Gasteiger partial charge in [0.05, 0.1) is 12.2 Å². The van der Waals surface area contributed by atoms with Gasteiger partial charge in [-0.1, -0.05) is 125 Å². The fourth-order valence-corrected chi connectivity index (χ4v) is 4.62. The molecule has 0 radical (unpaired) electrons. The number of unbranched alkanes of at least 4 members (excludes halogenated alkanes) is 8. The Hall–Kier alpha value is -1.68. The minimum absolute atomic E-state index is 0.294. The van der Waals surface area contributed by atoms with E-state index in [-0.39, 0.29) is 12.2 Å². The van der Waals surface area contributed by atoms with Crippen molar-refractivity contribution in [1.82, 2.24) is 4.90 Å². The first-order valence-corrected chi connectivity index (χ1v) is 16.5. The third kappa shape index (κ3) is 30.9. The maximum absolute atomic E-state index is 10.4. The van der Waals surface area contributed by atoms with E-state index in [0.29, 0.717) is 13.1 Å². The second-order valence-corrected chi connectivity index (χ2v) is 11.1. The van der Waals surface area contributed by atoms with Crippen LogP contribution in [0.1, 0.15) is 129 Å². The highest BCUT2D eigenvalue weighted by atomic mass is 16.3. The Morgan fingerprint density at radius 2 is 0.775 bits per heavy atom. The second kappa shape index (κ2) is 31.8. The van der Waals surface area contributed by atoms with Crippen LogP contribution in [0.15, 0.2) is 72.9 Å². The summed E-state index contributed by atoms with van der Waals surface area (Å²) >= 11 is 0. The molecule has 0 heterocycles. The van der Waals surface area contributed by atoms with Crippen LogP contribution in [-0.2, 0) is 0 Å². The van der Waals surface area contributed by atoms with E-state index in [0.717, 1.165) is 77.0 Å². The molecule has 3 nitrogen and oxygen atoms in total. The van der Waals surface area contributed by atoms with E-state index in [9.17, 15) is 10.2 Å². The van der Waals surface area contributed by atoms with Crippen molar-refractivity contribution in [3.8, 4) is 0 Å². The van der Waals surface area contributed by atoms with Crippen molar-refractivity contribution in [1.29, 1.82) is 0 Å². The van der Waals surface area contributed by atoms with Crippen molar-refractivity contribution in [2.75, 3.05) is 20.1 Å². The van der Waals surface area contributed by atoms with Gasteiger partial charge in [0.25, 0.3) is 0 Å². The lowest BCUT2D eigenvalue weighted by atomic mass is 10.1. The topological polar surface area (TPSA) is 43.7 Å². The van der Waals surface area contributed by atoms with Crippen molar-refractivity contribution in [2.24, 2.45) is 0 Å². The zero-order chi connectivity index (χ0) is 29.4. The van der Waals surface area contributed by atoms with Crippen LogP contribution in [0.3, 0.4) is 0 Å². The number of aliphatic hydroxyl groups excluding tert-OH is 2. The number of hydrogen-bond acceptors (Lipinski definition) is 3. The molecule has 2 N–H and O–H groups in total. The summed E-state index contributed by atoms with van der Waals surface area (Å²) in [7, 11) is 2.01. The molecule has 230 valence electrons. The molecule has 0 aliphatic carbocycles. The number of allylic oxidation sites excluding steroid dienone is 12. The van der Waals surface area contributed by atoms with Gasteiger partial charge in [0.1, 0.15) is 0 Å². The van der Waals surface area contributed by atoms with Crippen LogP contribution < -0.4 is 0 Å². The summed E-state index contributed by atoms with van der Waals surface area (Å²) in [5.41, 5.74) is 0. The molecule has 0 spiro atoms. The van der Waals surface area contributed by atoms with E-state index in [2.05, 4.69) is 91.7 Å². The Morgan fingerprint density at radius 1 is 0.450 bits per heavy atom. The first-order valence-electron chi connectivity index (χ1n) is 16.5. The molecular formula is C37H65NO2. The van der Waals surface area contributed by atoms with E-state index in [4.69, 9.17) is 0 Å². The molecule has 3 heteroatoms. The van der Waals surface area contributed by atoms with Crippen LogP contribution in [0.2, 0.25) is 0 Å². The molecule has 40 heavy (non-hydrogen) atoms. The fraction of sp³-hybridized carbons (Fsp3) is 0.676. The van der Waals surface area contributed by atoms with Gasteiger partial charge >= 0.3 is 0 Å². The molecule has 2 atom stereocenters. The lowest BCUT2D eigenvalue weighted by Gasteiger charge is -2.23. The first kappa shape index (κ1) is 38.3. The van der Waals surface area contributed by atoms with Crippen LogP contribution >= 0.6 is 0 Å². The monoisotopic (exact) mass is 556 g/mol. The van der Waals surface area contributed by atoms with E-state index in [1.54, 1.807) is 0 Å². The maximum atomic E-state index is 10.4. The molecule has 0 aromatic heterocycles. The van der Waals surface area contributed by atoms with E-state index in [1.165, 1.54) is 38.5 Å². The minimum Gasteiger partial charge on any atom is -0.392 e. The third-order valence-corrected chi connectivity index (χ3v) is 6.92. The molecule has 0 bridgehead atoms. The standard InChI is InChI=1S/C37H65NO2/c1-4-6-8-10-12-14-16-18-20-22-24-26-28-30-32-36(39)34-38(3)35-37(40)33-31-29-27-25-23-21-19-17-15-13-11-9-7-5-2/h6-9,12-15,18-21,36-37,39-40H,4-5,10-11,16-17,22-35H2,1-3H3/b8-6-,9-7-,14-12-,15-13-,20-18-,21-19-. The van der Waals surface area contributed by atoms with Gasteiger partial charge in [0, 0.05) is 13.1 Å². The van der Waals surface area contributed by atoms with Gasteiger partial charge in [0.2, 0.25) is 0 Å². The zero-order valence-electron chi connectivity index (χ0n) is 26.6. The Kier molecular flexibility index (Phi) is 30.5. The van der Waals surface area contributed by atoms with E-state index < -0.39 is 0 Å². The number of rotatable bonds is 28. The van der Waals surface area contributed by atoms with Gasteiger partial charge in [-0.25, -0.2) is 0 Å². The summed E-state index contributed by atoms with van der Waals surface area (Å²) in [5, 5.41) is 20.8. The SMILES string of the molecule is CC/C=C\C/C=C\C/C=C\CCCCCCC(O)CN(C)CC(O)CCCCCC/C=C\C/C=C\C/C=C\CC. The minimum atomic E-state index is -0.294. The van der Waals surface area contributed by atoms with E-state index in [1.807, 2.05) is 7.05 Å². The molecule has 0 amide bonds. The van der Waals surface area contributed by atoms with Crippen molar-refractivity contribution in [3.05, 3.63) is 72.9 Å². The predicted molar refractivity (Wildman–Crippen MR) is 179 cm³/mol. The third-order valence-electron chi connectivity index (χ3n) is 6.92. The zero-order valence-corrected chi connectivity index (χ0v) is 26.6. The van der Waals surface area contributed by atoms with Crippen LogP contribution in [0.25, 0.3) is 0 Å². The summed E-state index contributed by atoms with van der Waals surface area (Å²) < 4.78 is 0. The maximum Gasteiger partial charge on any atom is 0.0667 e. The van der Waals surface area contributed by atoms with Gasteiger partial charge in [-0.3, -0.25) is 0 Å². The largest absolute Gasteiger partial charge is 0.392 e. The Bertz CT molecular complexity index is 630. The van der Waals surface area contributed by atoms with Crippen LogP contribution in [0.5, 0.6) is 0 Å². The molecule has 2 unspecified atom stereocenters. The Morgan fingerprint density at radius 3 is 1.15 bits per heavy atom. The number of aliphatic hydroxyl groups is 2. The highest BCUT2D eigenvalue weighted by Gasteiger charge is 2.12. The normalized spacial score (nSPS) is 14.6. The molecule has 0 aliphatic heterocycles. The highest BCUT2D eigenvalue weighted by molar-refractivity contribution is 4.98. The number of hydrogen-bond donors (Lipinski definition) is 2. The summed E-state index contributed by atoms with van der Waals surface area (Å²) in [6, 6.07) is 0. The molecule has 0 aliphatic rings. The van der Waals surface area contributed by atoms with Gasteiger partial charge in [-0.15, -0.1) is 0 Å². The quantitative estimate of drug-likeness (QED) is 0.0745. The lowest BCUT2D eigenvalue weighted by molar-refractivity contribution is 0.0738. The lowest BCUT2D eigenvalue weighted by Crippen LogP contribution is -2.35. The predicted octanol–water partition coefficient (Wildman–Crippen LogP) is 10.0. The van der Waals surface area contributed by atoms with Crippen molar-refractivity contribution < 1.29 is 10.2 Å². The average Bonchev–Trinajstić information content (AvgIpc) is 2.93. The highest BCUT2D eigenvalue weighted by Crippen LogP contribution is 2.11. The molecule has 0 saturated carbocycles. The summed E-state index contributed by atoms with van der Waals surface area (Å²) in [6.45, 7) is 5.63. The summed E-state index contributed by atoms with van der Waals surface area (Å²) in [6.07, 6.45) is 46.2. The van der Waals surface area contributed by atoms with Crippen molar-refractivity contribution in [2.45, 2.75) is 142 Å². The average molecular weight is 556 g/mol. The van der Waals surface area contributed by atoms with Crippen LogP contribution in [-0.4, -0.2) is 47.5 Å². The molecule has 0 fully saturated rings. The second-order valence-electron chi connectivity index (χ2n) is 11.1. The van der Waals surface area contributed by atoms with Crippen molar-refractivity contribution >= 4 is 0 Å². The van der Waals surface area contributed by atoms with Crippen LogP contribution in [0.4, 0.5) is 0 Å². The molecule has 0 rings (SSSR count). The molecule has 0 aromatic rings. The molecule has 0 saturated heterocycles. The van der Waals surface area contributed by atoms with E-state index >= 15 is 0 Å². The summed E-state index contributed by atoms with van der Waals surface area (Å²) in [5.74, 6) is 0. The first-order chi connectivity index (χ1) is 19.6. The van der Waals surface area contributed by atoms with Crippen LogP contribution in [0, 0.1) is 0 Å². The van der Waals surface area contributed by atoms with Gasteiger partial charge in [-0.2, -0.15) is 0 Å². The van der Waals surface area contributed by atoms with Gasteiger partial charge < -0.3 is 15.1 Å². The number of nitrogens with zero attached hydrogens (tertiary/aromatic N) is 1. The fourth-order valence-electron chi connectivity index (χ4n) is 4.62. The smallest absolute Gasteiger partial charge is 0.0667 e. The summed E-state index contributed by atoms with van der Waals surface area (Å²) in [4.78, 5) is 2.09. The Labute approximate surface area is 249 Å².